The second-order valence-electron chi connectivity index (χ2n) is 3.87. The Kier molecular flexibility index (Phi) is 6.46. The smallest absolute Gasteiger partial charge is 0.251 e. The van der Waals surface area contributed by atoms with Crippen molar-refractivity contribution in [1.29, 1.82) is 0 Å². The standard InChI is InChI=1S/C13H18N2O2S/c1-10(16)9-18-12-5-3-11(4-6-12)13(17)15-8-7-14-2/h3-6,14H,7-9H2,1-2H3,(H,15,17). The van der Waals surface area contributed by atoms with E-state index in [0.29, 0.717) is 17.9 Å². The van der Waals surface area contributed by atoms with E-state index in [9.17, 15) is 9.59 Å². The fraction of sp³-hybridized carbons (Fsp3) is 0.385. The van der Waals surface area contributed by atoms with Crippen molar-refractivity contribution in [2.75, 3.05) is 25.9 Å². The Labute approximate surface area is 112 Å². The Morgan fingerprint density at radius 3 is 2.39 bits per heavy atom. The van der Waals surface area contributed by atoms with Gasteiger partial charge in [-0.05, 0) is 38.2 Å². The molecular formula is C13H18N2O2S. The van der Waals surface area contributed by atoms with Gasteiger partial charge in [0.15, 0.2) is 0 Å². The number of thioether (sulfide) groups is 1. The molecule has 1 amide bonds. The van der Waals surface area contributed by atoms with Crippen LogP contribution in [0.15, 0.2) is 29.2 Å². The molecule has 0 spiro atoms. The van der Waals surface area contributed by atoms with Crippen LogP contribution in [-0.2, 0) is 4.79 Å². The van der Waals surface area contributed by atoms with Crippen molar-refractivity contribution in [1.82, 2.24) is 10.6 Å². The topological polar surface area (TPSA) is 58.2 Å². The zero-order valence-electron chi connectivity index (χ0n) is 10.7. The van der Waals surface area contributed by atoms with Crippen molar-refractivity contribution in [3.8, 4) is 0 Å². The van der Waals surface area contributed by atoms with Gasteiger partial charge in [-0.2, -0.15) is 0 Å². The maximum Gasteiger partial charge on any atom is 0.251 e. The quantitative estimate of drug-likeness (QED) is 0.577. The number of rotatable bonds is 7. The molecule has 0 unspecified atom stereocenters. The molecule has 0 fully saturated rings. The number of hydrogen-bond acceptors (Lipinski definition) is 4. The summed E-state index contributed by atoms with van der Waals surface area (Å²) >= 11 is 1.48. The number of benzene rings is 1. The van der Waals surface area contributed by atoms with E-state index in [4.69, 9.17) is 0 Å². The van der Waals surface area contributed by atoms with Crippen LogP contribution in [0, 0.1) is 0 Å². The largest absolute Gasteiger partial charge is 0.351 e. The monoisotopic (exact) mass is 266 g/mol. The summed E-state index contributed by atoms with van der Waals surface area (Å²) in [6, 6.07) is 7.27. The van der Waals surface area contributed by atoms with E-state index in [1.807, 2.05) is 19.2 Å². The lowest BCUT2D eigenvalue weighted by molar-refractivity contribution is -0.114. The van der Waals surface area contributed by atoms with E-state index >= 15 is 0 Å². The van der Waals surface area contributed by atoms with Crippen LogP contribution >= 0.6 is 11.8 Å². The zero-order chi connectivity index (χ0) is 13.4. The minimum Gasteiger partial charge on any atom is -0.351 e. The number of Topliss-reactive ketones (excluding diaryl/α,β-unsaturated/α-hetero) is 1. The summed E-state index contributed by atoms with van der Waals surface area (Å²) in [6.07, 6.45) is 0. The maximum atomic E-state index is 11.7. The molecule has 0 bridgehead atoms. The molecule has 4 nitrogen and oxygen atoms in total. The Morgan fingerprint density at radius 2 is 1.83 bits per heavy atom. The number of hydrogen-bond donors (Lipinski definition) is 2. The molecule has 1 aromatic rings. The summed E-state index contributed by atoms with van der Waals surface area (Å²) in [7, 11) is 1.84. The highest BCUT2D eigenvalue weighted by molar-refractivity contribution is 8.00. The third kappa shape index (κ3) is 5.33. The van der Waals surface area contributed by atoms with Gasteiger partial charge in [-0.1, -0.05) is 0 Å². The van der Waals surface area contributed by atoms with Crippen molar-refractivity contribution in [3.63, 3.8) is 0 Å². The zero-order valence-corrected chi connectivity index (χ0v) is 11.5. The maximum absolute atomic E-state index is 11.7. The van der Waals surface area contributed by atoms with Crippen LogP contribution in [0.1, 0.15) is 17.3 Å². The van der Waals surface area contributed by atoms with Crippen LogP contribution < -0.4 is 10.6 Å². The molecule has 0 aliphatic rings. The molecule has 0 saturated heterocycles. The lowest BCUT2D eigenvalue weighted by Gasteiger charge is -2.05. The molecule has 0 aromatic heterocycles. The van der Waals surface area contributed by atoms with Gasteiger partial charge in [0, 0.05) is 23.5 Å². The molecule has 5 heteroatoms. The predicted molar refractivity (Wildman–Crippen MR) is 74.1 cm³/mol. The summed E-state index contributed by atoms with van der Waals surface area (Å²) in [5.74, 6) is 0.538. The third-order valence-electron chi connectivity index (χ3n) is 2.22. The van der Waals surface area contributed by atoms with Gasteiger partial charge in [-0.25, -0.2) is 0 Å². The van der Waals surface area contributed by atoms with Crippen LogP contribution in [0.3, 0.4) is 0 Å². The lowest BCUT2D eigenvalue weighted by Crippen LogP contribution is -2.30. The van der Waals surface area contributed by atoms with Gasteiger partial charge in [0.05, 0.1) is 5.75 Å². The molecule has 2 N–H and O–H groups in total. The van der Waals surface area contributed by atoms with Gasteiger partial charge in [-0.3, -0.25) is 9.59 Å². The summed E-state index contributed by atoms with van der Waals surface area (Å²) < 4.78 is 0. The molecular weight excluding hydrogens is 248 g/mol. The minimum absolute atomic E-state index is 0.0756. The highest BCUT2D eigenvalue weighted by atomic mass is 32.2. The molecule has 0 heterocycles. The lowest BCUT2D eigenvalue weighted by atomic mass is 10.2. The van der Waals surface area contributed by atoms with E-state index in [0.717, 1.165) is 11.4 Å². The van der Waals surface area contributed by atoms with Gasteiger partial charge < -0.3 is 10.6 Å². The van der Waals surface area contributed by atoms with Gasteiger partial charge in [0.2, 0.25) is 0 Å². The normalized spacial score (nSPS) is 10.1. The molecule has 0 radical (unpaired) electrons. The summed E-state index contributed by atoms with van der Waals surface area (Å²) in [5.41, 5.74) is 0.637. The van der Waals surface area contributed by atoms with Gasteiger partial charge >= 0.3 is 0 Å². The number of ketones is 1. The molecule has 0 atom stereocenters. The fourth-order valence-corrected chi connectivity index (χ4v) is 1.99. The highest BCUT2D eigenvalue weighted by Gasteiger charge is 2.04. The van der Waals surface area contributed by atoms with E-state index < -0.39 is 0 Å². The van der Waals surface area contributed by atoms with Gasteiger partial charge in [0.1, 0.15) is 5.78 Å². The minimum atomic E-state index is -0.0756. The number of likely N-dealkylation sites (N-methyl/N-ethyl adjacent to an activating group) is 1. The van der Waals surface area contributed by atoms with Gasteiger partial charge in [0.25, 0.3) is 5.91 Å². The number of amides is 1. The number of carbonyl (C=O) groups excluding carboxylic acids is 2. The highest BCUT2D eigenvalue weighted by Crippen LogP contribution is 2.18. The van der Waals surface area contributed by atoms with Crippen molar-refractivity contribution in [2.45, 2.75) is 11.8 Å². The molecule has 18 heavy (non-hydrogen) atoms. The molecule has 0 saturated carbocycles. The van der Waals surface area contributed by atoms with Crippen LogP contribution in [0.2, 0.25) is 0 Å². The van der Waals surface area contributed by atoms with E-state index in [1.54, 1.807) is 19.1 Å². The van der Waals surface area contributed by atoms with Crippen molar-refractivity contribution >= 4 is 23.5 Å². The SMILES string of the molecule is CNCCNC(=O)c1ccc(SCC(C)=O)cc1. The first kappa shape index (κ1) is 14.7. The predicted octanol–water partition coefficient (Wildman–Crippen LogP) is 1.32. The second-order valence-corrected chi connectivity index (χ2v) is 4.92. The molecule has 98 valence electrons. The first-order valence-corrected chi connectivity index (χ1v) is 6.77. The summed E-state index contributed by atoms with van der Waals surface area (Å²) in [4.78, 5) is 23.5. The molecule has 0 aliphatic carbocycles. The van der Waals surface area contributed by atoms with Gasteiger partial charge in [-0.15, -0.1) is 11.8 Å². The van der Waals surface area contributed by atoms with Crippen LogP contribution in [0.4, 0.5) is 0 Å². The molecule has 1 rings (SSSR count). The Balaban J connectivity index is 2.48. The van der Waals surface area contributed by atoms with Crippen molar-refractivity contribution in [3.05, 3.63) is 29.8 Å². The first-order valence-electron chi connectivity index (χ1n) is 5.78. The molecule has 1 aromatic carbocycles. The Morgan fingerprint density at radius 1 is 1.17 bits per heavy atom. The van der Waals surface area contributed by atoms with Crippen LogP contribution in [0.25, 0.3) is 0 Å². The first-order chi connectivity index (χ1) is 8.63. The number of nitrogens with one attached hydrogen (secondary N) is 2. The average molecular weight is 266 g/mol. The van der Waals surface area contributed by atoms with Crippen molar-refractivity contribution < 1.29 is 9.59 Å². The van der Waals surface area contributed by atoms with E-state index in [1.165, 1.54) is 11.8 Å². The van der Waals surface area contributed by atoms with E-state index in [2.05, 4.69) is 10.6 Å². The second kappa shape index (κ2) is 7.89. The van der Waals surface area contributed by atoms with Crippen molar-refractivity contribution in [2.24, 2.45) is 0 Å². The third-order valence-corrected chi connectivity index (χ3v) is 3.38. The number of carbonyl (C=O) groups is 2. The Bertz CT molecular complexity index is 404. The Hall–Kier alpha value is -1.33. The summed E-state index contributed by atoms with van der Waals surface area (Å²) in [5, 5.41) is 5.77. The fourth-order valence-electron chi connectivity index (χ4n) is 1.29. The van der Waals surface area contributed by atoms with E-state index in [-0.39, 0.29) is 11.7 Å². The van der Waals surface area contributed by atoms with Crippen LogP contribution in [0.5, 0.6) is 0 Å². The average Bonchev–Trinajstić information content (AvgIpc) is 2.37. The van der Waals surface area contributed by atoms with Crippen LogP contribution in [-0.4, -0.2) is 37.6 Å². The molecule has 0 aliphatic heterocycles. The summed E-state index contributed by atoms with van der Waals surface area (Å²) in [6.45, 7) is 2.92.